The van der Waals surface area contributed by atoms with Crippen LogP contribution < -0.4 is 10.1 Å². The van der Waals surface area contributed by atoms with E-state index < -0.39 is 9.84 Å². The smallest absolute Gasteiger partial charge is 0.218 e. The van der Waals surface area contributed by atoms with Crippen LogP contribution in [0.1, 0.15) is 0 Å². The molecular formula is C16H14N2O3S. The summed E-state index contributed by atoms with van der Waals surface area (Å²) in [6.45, 7) is 0. The van der Waals surface area contributed by atoms with Gasteiger partial charge in [-0.2, -0.15) is 5.26 Å². The molecule has 0 amide bonds. The summed E-state index contributed by atoms with van der Waals surface area (Å²) >= 11 is 0. The Morgan fingerprint density at radius 3 is 2.55 bits per heavy atom. The molecule has 5 nitrogen and oxygen atoms in total. The molecule has 2 rings (SSSR count). The highest BCUT2D eigenvalue weighted by Crippen LogP contribution is 2.20. The topological polar surface area (TPSA) is 79.2 Å². The van der Waals surface area contributed by atoms with E-state index in [1.54, 1.807) is 48.5 Å². The molecule has 0 radical (unpaired) electrons. The summed E-state index contributed by atoms with van der Waals surface area (Å²) in [4.78, 5) is -0.281. The average Bonchev–Trinajstić information content (AvgIpc) is 2.56. The van der Waals surface area contributed by atoms with Crippen molar-refractivity contribution in [2.45, 2.75) is 4.90 Å². The van der Waals surface area contributed by atoms with E-state index in [4.69, 9.17) is 10.00 Å². The number of benzene rings is 2. The van der Waals surface area contributed by atoms with Gasteiger partial charge in [0.05, 0.1) is 12.0 Å². The van der Waals surface area contributed by atoms with Crippen molar-refractivity contribution < 1.29 is 13.2 Å². The Kier molecular flexibility index (Phi) is 4.81. The van der Waals surface area contributed by atoms with Gasteiger partial charge in [0, 0.05) is 18.0 Å². The maximum atomic E-state index is 12.4. The third kappa shape index (κ3) is 3.45. The third-order valence-corrected chi connectivity index (χ3v) is 4.57. The molecule has 0 saturated carbocycles. The molecule has 6 heteroatoms. The maximum Gasteiger partial charge on any atom is 0.218 e. The Hall–Kier alpha value is -2.78. The molecule has 1 N–H and O–H groups in total. The van der Waals surface area contributed by atoms with Crippen molar-refractivity contribution in [2.75, 3.05) is 12.4 Å². The van der Waals surface area contributed by atoms with Gasteiger partial charge in [-0.3, -0.25) is 0 Å². The molecule has 2 aromatic rings. The molecule has 0 bridgehead atoms. The van der Waals surface area contributed by atoms with E-state index in [-0.39, 0.29) is 9.80 Å². The monoisotopic (exact) mass is 314 g/mol. The lowest BCUT2D eigenvalue weighted by Crippen LogP contribution is -2.05. The normalized spacial score (nSPS) is 11.5. The van der Waals surface area contributed by atoms with Crippen molar-refractivity contribution in [3.05, 3.63) is 65.7 Å². The first-order valence-electron chi connectivity index (χ1n) is 6.39. The predicted octanol–water partition coefficient (Wildman–Crippen LogP) is 2.95. The zero-order valence-corrected chi connectivity index (χ0v) is 12.7. The van der Waals surface area contributed by atoms with E-state index in [2.05, 4.69) is 5.32 Å². The van der Waals surface area contributed by atoms with Crippen LogP contribution in [0.4, 0.5) is 5.69 Å². The number of nitrogens with zero attached hydrogens (tertiary/aromatic N) is 1. The van der Waals surface area contributed by atoms with E-state index in [1.807, 2.05) is 0 Å². The number of anilines is 1. The van der Waals surface area contributed by atoms with E-state index in [0.29, 0.717) is 11.4 Å². The fourth-order valence-electron chi connectivity index (χ4n) is 1.76. The lowest BCUT2D eigenvalue weighted by Gasteiger charge is -2.06. The molecular weight excluding hydrogens is 300 g/mol. The molecule has 0 atom stereocenters. The van der Waals surface area contributed by atoms with Crippen molar-refractivity contribution in [3.63, 3.8) is 0 Å². The van der Waals surface area contributed by atoms with Crippen molar-refractivity contribution in [1.29, 1.82) is 5.26 Å². The summed E-state index contributed by atoms with van der Waals surface area (Å²) in [6.07, 6.45) is 1.18. The number of hydrogen-bond donors (Lipinski definition) is 1. The fraction of sp³-hybridized carbons (Fsp3) is 0.0625. The van der Waals surface area contributed by atoms with Crippen LogP contribution in [-0.2, 0) is 9.84 Å². The Bertz CT molecular complexity index is 822. The highest BCUT2D eigenvalue weighted by molar-refractivity contribution is 7.95. The zero-order valence-electron chi connectivity index (χ0n) is 11.9. The van der Waals surface area contributed by atoms with E-state index in [1.165, 1.54) is 25.4 Å². The molecule has 0 unspecified atom stereocenters. The van der Waals surface area contributed by atoms with Crippen LogP contribution in [0.2, 0.25) is 0 Å². The first-order valence-corrected chi connectivity index (χ1v) is 7.87. The van der Waals surface area contributed by atoms with E-state index in [9.17, 15) is 8.42 Å². The van der Waals surface area contributed by atoms with Gasteiger partial charge in [-0.05, 0) is 24.3 Å². The SMILES string of the molecule is COc1cccc(NC=C(C#N)S(=O)(=O)c2ccccc2)c1. The van der Waals surface area contributed by atoms with Gasteiger partial charge in [-0.1, -0.05) is 24.3 Å². The van der Waals surface area contributed by atoms with Gasteiger partial charge in [-0.15, -0.1) is 0 Å². The Balaban J connectivity index is 2.30. The van der Waals surface area contributed by atoms with Gasteiger partial charge in [0.1, 0.15) is 11.8 Å². The van der Waals surface area contributed by atoms with Gasteiger partial charge in [0.25, 0.3) is 0 Å². The van der Waals surface area contributed by atoms with E-state index in [0.717, 1.165) is 0 Å². The Morgan fingerprint density at radius 2 is 1.91 bits per heavy atom. The molecule has 112 valence electrons. The number of nitriles is 1. The van der Waals surface area contributed by atoms with Gasteiger partial charge in [0.15, 0.2) is 4.91 Å². The number of methoxy groups -OCH3 is 1. The summed E-state index contributed by atoms with van der Waals surface area (Å²) in [6, 6.07) is 16.5. The summed E-state index contributed by atoms with van der Waals surface area (Å²) in [5, 5.41) is 11.9. The number of rotatable bonds is 5. The molecule has 0 spiro atoms. The number of nitrogens with one attached hydrogen (secondary N) is 1. The summed E-state index contributed by atoms with van der Waals surface area (Å²) in [5.41, 5.74) is 0.621. The second-order valence-corrected chi connectivity index (χ2v) is 6.23. The van der Waals surface area contributed by atoms with Crippen molar-refractivity contribution in [3.8, 4) is 11.8 Å². The number of hydrogen-bond acceptors (Lipinski definition) is 5. The van der Waals surface area contributed by atoms with Crippen LogP contribution in [0.3, 0.4) is 0 Å². The van der Waals surface area contributed by atoms with Gasteiger partial charge >= 0.3 is 0 Å². The predicted molar refractivity (Wildman–Crippen MR) is 83.9 cm³/mol. The minimum absolute atomic E-state index is 0.0789. The van der Waals surface area contributed by atoms with Crippen molar-refractivity contribution >= 4 is 15.5 Å². The largest absolute Gasteiger partial charge is 0.497 e. The Labute approximate surface area is 129 Å². The summed E-state index contributed by atoms with van der Waals surface area (Å²) in [7, 11) is -2.29. The van der Waals surface area contributed by atoms with Crippen molar-refractivity contribution in [2.24, 2.45) is 0 Å². The molecule has 0 heterocycles. The molecule has 0 aromatic heterocycles. The molecule has 0 fully saturated rings. The lowest BCUT2D eigenvalue weighted by atomic mass is 10.3. The van der Waals surface area contributed by atoms with Crippen molar-refractivity contribution in [1.82, 2.24) is 0 Å². The zero-order chi connectivity index (χ0) is 16.0. The van der Waals surface area contributed by atoms with Crippen LogP contribution in [0.15, 0.2) is 70.6 Å². The number of allylic oxidation sites excluding steroid dienone is 1. The average molecular weight is 314 g/mol. The quantitative estimate of drug-likeness (QED) is 0.858. The minimum atomic E-state index is -3.83. The van der Waals surface area contributed by atoms with Gasteiger partial charge in [-0.25, -0.2) is 8.42 Å². The molecule has 22 heavy (non-hydrogen) atoms. The lowest BCUT2D eigenvalue weighted by molar-refractivity contribution is 0.415. The summed E-state index contributed by atoms with van der Waals surface area (Å²) < 4.78 is 29.8. The highest BCUT2D eigenvalue weighted by atomic mass is 32.2. The number of ether oxygens (including phenoxy) is 1. The molecule has 2 aromatic carbocycles. The first-order chi connectivity index (χ1) is 10.6. The molecule has 0 aliphatic rings. The highest BCUT2D eigenvalue weighted by Gasteiger charge is 2.20. The van der Waals surface area contributed by atoms with Crippen LogP contribution in [0.5, 0.6) is 5.75 Å². The van der Waals surface area contributed by atoms with Crippen LogP contribution in [-0.4, -0.2) is 15.5 Å². The summed E-state index contributed by atoms with van der Waals surface area (Å²) in [5.74, 6) is 0.628. The molecule has 0 saturated heterocycles. The fourth-order valence-corrected chi connectivity index (χ4v) is 2.86. The standard InChI is InChI=1S/C16H14N2O3S/c1-21-14-7-5-6-13(10-14)18-12-16(11-17)22(19,20)15-8-3-2-4-9-15/h2-10,12,18H,1H3. The second kappa shape index (κ2) is 6.78. The third-order valence-electron chi connectivity index (χ3n) is 2.89. The van der Waals surface area contributed by atoms with E-state index >= 15 is 0 Å². The van der Waals surface area contributed by atoms with Crippen LogP contribution >= 0.6 is 0 Å². The van der Waals surface area contributed by atoms with Crippen LogP contribution in [0, 0.1) is 11.3 Å². The Morgan fingerprint density at radius 1 is 1.18 bits per heavy atom. The van der Waals surface area contributed by atoms with Gasteiger partial charge < -0.3 is 10.1 Å². The maximum absolute atomic E-state index is 12.4. The van der Waals surface area contributed by atoms with Crippen LogP contribution in [0.25, 0.3) is 0 Å². The first kappa shape index (κ1) is 15.6. The molecule has 0 aliphatic carbocycles. The van der Waals surface area contributed by atoms with Gasteiger partial charge in [0.2, 0.25) is 9.84 Å². The second-order valence-electron chi connectivity index (χ2n) is 4.31. The number of sulfone groups is 1. The minimum Gasteiger partial charge on any atom is -0.497 e. The molecule has 0 aliphatic heterocycles.